The van der Waals surface area contributed by atoms with E-state index >= 15 is 0 Å². The summed E-state index contributed by atoms with van der Waals surface area (Å²) in [5.74, 6) is -1.00. The molecular formula is C15H13ClFN3O2S. The molecule has 0 saturated carbocycles. The molecule has 0 radical (unpaired) electrons. The number of benzene rings is 1. The highest BCUT2D eigenvalue weighted by Gasteiger charge is 2.24. The van der Waals surface area contributed by atoms with Gasteiger partial charge in [-0.2, -0.15) is 0 Å². The molecule has 23 heavy (non-hydrogen) atoms. The van der Waals surface area contributed by atoms with Gasteiger partial charge in [0.2, 0.25) is 11.8 Å². The minimum absolute atomic E-state index is 0.00445. The Bertz CT molecular complexity index is 765. The van der Waals surface area contributed by atoms with E-state index in [9.17, 15) is 14.0 Å². The molecule has 1 saturated heterocycles. The summed E-state index contributed by atoms with van der Waals surface area (Å²) in [7, 11) is 0. The zero-order valence-electron chi connectivity index (χ0n) is 12.0. The molecular weight excluding hydrogens is 341 g/mol. The van der Waals surface area contributed by atoms with Gasteiger partial charge in [-0.05, 0) is 18.6 Å². The first-order chi connectivity index (χ1) is 11.0. The monoisotopic (exact) mass is 353 g/mol. The first-order valence-corrected chi connectivity index (χ1v) is 8.29. The minimum atomic E-state index is -0.663. The Morgan fingerprint density at radius 1 is 1.48 bits per heavy atom. The molecule has 0 spiro atoms. The second-order valence-electron chi connectivity index (χ2n) is 5.10. The van der Waals surface area contributed by atoms with Gasteiger partial charge in [0.1, 0.15) is 0 Å². The van der Waals surface area contributed by atoms with Crippen LogP contribution >= 0.6 is 22.9 Å². The van der Waals surface area contributed by atoms with Gasteiger partial charge in [-0.25, -0.2) is 9.37 Å². The van der Waals surface area contributed by atoms with E-state index in [1.54, 1.807) is 16.3 Å². The summed E-state index contributed by atoms with van der Waals surface area (Å²) in [5, 5.41) is 4.76. The van der Waals surface area contributed by atoms with Crippen LogP contribution in [-0.2, 0) is 16.0 Å². The van der Waals surface area contributed by atoms with Crippen molar-refractivity contribution in [3.63, 3.8) is 0 Å². The molecule has 120 valence electrons. The van der Waals surface area contributed by atoms with Crippen LogP contribution < -0.4 is 10.2 Å². The number of nitrogens with zero attached hydrogens (tertiary/aromatic N) is 2. The van der Waals surface area contributed by atoms with Gasteiger partial charge in [-0.3, -0.25) is 14.5 Å². The molecule has 8 heteroatoms. The van der Waals surface area contributed by atoms with Crippen molar-refractivity contribution in [3.05, 3.63) is 40.1 Å². The van der Waals surface area contributed by atoms with Gasteiger partial charge in [0.25, 0.3) is 0 Å². The van der Waals surface area contributed by atoms with Crippen LogP contribution in [0.4, 0.5) is 15.2 Å². The number of nitrogens with one attached hydrogen (secondary N) is 1. The fraction of sp³-hybridized carbons (Fsp3) is 0.267. The second-order valence-corrected chi connectivity index (χ2v) is 6.34. The molecule has 1 N–H and O–H groups in total. The summed E-state index contributed by atoms with van der Waals surface area (Å²) in [5.41, 5.74) is 0.581. The third-order valence-electron chi connectivity index (χ3n) is 3.41. The van der Waals surface area contributed by atoms with Crippen LogP contribution in [0.2, 0.25) is 5.02 Å². The van der Waals surface area contributed by atoms with E-state index in [1.807, 2.05) is 0 Å². The molecule has 1 fully saturated rings. The zero-order valence-corrected chi connectivity index (χ0v) is 13.6. The summed E-state index contributed by atoms with van der Waals surface area (Å²) in [6, 6.07) is 4.40. The van der Waals surface area contributed by atoms with E-state index in [0.717, 1.165) is 6.42 Å². The van der Waals surface area contributed by atoms with Crippen molar-refractivity contribution in [2.75, 3.05) is 16.8 Å². The largest absolute Gasteiger partial charge is 0.323 e. The predicted molar refractivity (Wildman–Crippen MR) is 87.4 cm³/mol. The molecule has 2 amide bonds. The molecule has 0 atom stereocenters. The summed E-state index contributed by atoms with van der Waals surface area (Å²) in [6.45, 7) is 0.658. The molecule has 1 aromatic carbocycles. The van der Waals surface area contributed by atoms with E-state index in [4.69, 9.17) is 11.6 Å². The molecule has 0 bridgehead atoms. The number of thiazole rings is 1. The third-order valence-corrected chi connectivity index (χ3v) is 4.62. The topological polar surface area (TPSA) is 62.3 Å². The van der Waals surface area contributed by atoms with Crippen molar-refractivity contribution >= 4 is 45.6 Å². The highest BCUT2D eigenvalue weighted by atomic mass is 35.5. The summed E-state index contributed by atoms with van der Waals surface area (Å²) in [6.07, 6.45) is 1.36. The maximum absolute atomic E-state index is 13.7. The Balaban J connectivity index is 1.65. The molecule has 1 aliphatic heterocycles. The highest BCUT2D eigenvalue weighted by Crippen LogP contribution is 2.26. The maximum atomic E-state index is 13.7. The van der Waals surface area contributed by atoms with E-state index < -0.39 is 11.7 Å². The van der Waals surface area contributed by atoms with Crippen LogP contribution in [0.1, 0.15) is 18.5 Å². The average Bonchev–Trinajstić information content (AvgIpc) is 3.12. The number of rotatable bonds is 4. The van der Waals surface area contributed by atoms with Crippen LogP contribution in [0.5, 0.6) is 0 Å². The van der Waals surface area contributed by atoms with Crippen LogP contribution in [0, 0.1) is 5.82 Å². The number of hydrogen-bond donors (Lipinski definition) is 1. The van der Waals surface area contributed by atoms with Gasteiger partial charge < -0.3 is 5.32 Å². The fourth-order valence-corrected chi connectivity index (χ4v) is 3.35. The average molecular weight is 354 g/mol. The van der Waals surface area contributed by atoms with Gasteiger partial charge in [-0.1, -0.05) is 17.7 Å². The van der Waals surface area contributed by atoms with Crippen LogP contribution in [0.3, 0.4) is 0 Å². The Morgan fingerprint density at radius 2 is 2.30 bits per heavy atom. The van der Waals surface area contributed by atoms with Crippen molar-refractivity contribution in [1.29, 1.82) is 0 Å². The number of carbonyl (C=O) groups excluding carboxylic acids is 2. The SMILES string of the molecule is O=C(Cc1csc(N2CCCC2=O)n1)Nc1cccc(Cl)c1F. The first kappa shape index (κ1) is 15.9. The normalized spacial score (nSPS) is 14.3. The predicted octanol–water partition coefficient (Wildman–Crippen LogP) is 3.24. The number of anilines is 2. The molecule has 3 rings (SSSR count). The van der Waals surface area contributed by atoms with Gasteiger partial charge in [0.15, 0.2) is 10.9 Å². The lowest BCUT2D eigenvalue weighted by Crippen LogP contribution is -2.23. The van der Waals surface area contributed by atoms with Crippen molar-refractivity contribution in [3.8, 4) is 0 Å². The Kier molecular flexibility index (Phi) is 4.58. The molecule has 2 aromatic rings. The summed E-state index contributed by atoms with van der Waals surface area (Å²) >= 11 is 7.00. The fourth-order valence-electron chi connectivity index (χ4n) is 2.31. The standard InChI is InChI=1S/C15H13ClFN3O2S/c16-10-3-1-4-11(14(10)17)19-12(21)7-9-8-23-15(18-9)20-6-2-5-13(20)22/h1,3-4,8H,2,5-7H2,(H,19,21). The van der Waals surface area contributed by atoms with Gasteiger partial charge >= 0.3 is 0 Å². The van der Waals surface area contributed by atoms with Gasteiger partial charge in [-0.15, -0.1) is 11.3 Å². The van der Waals surface area contributed by atoms with E-state index in [2.05, 4.69) is 10.3 Å². The smallest absolute Gasteiger partial charge is 0.230 e. The molecule has 1 aliphatic rings. The number of carbonyl (C=O) groups is 2. The first-order valence-electron chi connectivity index (χ1n) is 7.03. The maximum Gasteiger partial charge on any atom is 0.230 e. The second kappa shape index (κ2) is 6.64. The van der Waals surface area contributed by atoms with Crippen molar-refractivity contribution < 1.29 is 14.0 Å². The highest BCUT2D eigenvalue weighted by molar-refractivity contribution is 7.14. The minimum Gasteiger partial charge on any atom is -0.323 e. The van der Waals surface area contributed by atoms with Crippen molar-refractivity contribution in [2.24, 2.45) is 0 Å². The van der Waals surface area contributed by atoms with Crippen molar-refractivity contribution in [2.45, 2.75) is 19.3 Å². The van der Waals surface area contributed by atoms with E-state index in [0.29, 0.717) is 23.8 Å². The van der Waals surface area contributed by atoms with Crippen LogP contribution in [-0.4, -0.2) is 23.3 Å². The summed E-state index contributed by atoms with van der Waals surface area (Å²) < 4.78 is 13.7. The van der Waals surface area contributed by atoms with E-state index in [1.165, 1.54) is 23.5 Å². The lowest BCUT2D eigenvalue weighted by Gasteiger charge is -2.10. The Hall–Kier alpha value is -1.99. The number of amides is 2. The molecule has 0 aliphatic carbocycles. The lowest BCUT2D eigenvalue weighted by atomic mass is 10.2. The number of halogens is 2. The Labute approximate surface area is 141 Å². The van der Waals surface area contributed by atoms with Crippen molar-refractivity contribution in [1.82, 2.24) is 4.98 Å². The number of hydrogen-bond acceptors (Lipinski definition) is 4. The molecule has 1 aromatic heterocycles. The third kappa shape index (κ3) is 3.51. The molecule has 2 heterocycles. The molecule has 0 unspecified atom stereocenters. The Morgan fingerprint density at radius 3 is 3.04 bits per heavy atom. The summed E-state index contributed by atoms with van der Waals surface area (Å²) in [4.78, 5) is 29.6. The lowest BCUT2D eigenvalue weighted by molar-refractivity contribution is -0.117. The number of aromatic nitrogens is 1. The zero-order chi connectivity index (χ0) is 16.4. The van der Waals surface area contributed by atoms with E-state index in [-0.39, 0.29) is 23.0 Å². The van der Waals surface area contributed by atoms with Crippen LogP contribution in [0.25, 0.3) is 0 Å². The molecule has 5 nitrogen and oxygen atoms in total. The quantitative estimate of drug-likeness (QED) is 0.917. The van der Waals surface area contributed by atoms with Gasteiger partial charge in [0, 0.05) is 18.3 Å². The van der Waals surface area contributed by atoms with Crippen LogP contribution in [0.15, 0.2) is 23.6 Å². The van der Waals surface area contributed by atoms with Gasteiger partial charge in [0.05, 0.1) is 22.8 Å².